The molecule has 1 aliphatic rings. The predicted octanol–water partition coefficient (Wildman–Crippen LogP) is 3.69. The molecule has 0 saturated carbocycles. The van der Waals surface area contributed by atoms with E-state index >= 15 is 0 Å². The number of aliphatic carboxylic acids is 1. The van der Waals surface area contributed by atoms with Crippen LogP contribution < -0.4 is 10.3 Å². The Bertz CT molecular complexity index is 1370. The first-order chi connectivity index (χ1) is 15.8. The second-order valence-corrected chi connectivity index (χ2v) is 8.60. The summed E-state index contributed by atoms with van der Waals surface area (Å²) in [4.78, 5) is 42.6. The molecule has 0 spiro atoms. The number of fused-ring (bicyclic) bond motifs is 1. The molecule has 3 heterocycles. The maximum atomic E-state index is 14.2. The van der Waals surface area contributed by atoms with Gasteiger partial charge in [-0.1, -0.05) is 42.2 Å². The minimum atomic E-state index is -0.971. The number of thiocarbonyl (C=S) groups is 1. The molecule has 0 radical (unpaired) electrons. The Morgan fingerprint density at radius 2 is 1.97 bits per heavy atom. The van der Waals surface area contributed by atoms with Crippen molar-refractivity contribution >= 4 is 51.9 Å². The van der Waals surface area contributed by atoms with Crippen LogP contribution in [-0.2, 0) is 9.59 Å². The summed E-state index contributed by atoms with van der Waals surface area (Å²) in [5, 5.41) is 8.82. The Morgan fingerprint density at radius 1 is 1.21 bits per heavy atom. The largest absolute Gasteiger partial charge is 0.481 e. The van der Waals surface area contributed by atoms with Crippen LogP contribution in [0.2, 0.25) is 0 Å². The lowest BCUT2D eigenvalue weighted by Gasteiger charge is -2.13. The van der Waals surface area contributed by atoms with E-state index in [1.807, 2.05) is 0 Å². The molecule has 168 valence electrons. The molecule has 1 saturated heterocycles. The highest BCUT2D eigenvalue weighted by Gasteiger charge is 2.32. The molecular formula is C22H16FN3O5S2. The van der Waals surface area contributed by atoms with E-state index in [2.05, 4.69) is 4.98 Å². The van der Waals surface area contributed by atoms with Crippen molar-refractivity contribution in [1.29, 1.82) is 0 Å². The third-order valence-electron chi connectivity index (χ3n) is 4.70. The number of nitrogens with zero attached hydrogens (tertiary/aromatic N) is 3. The molecule has 1 aliphatic heterocycles. The number of carboxylic acids is 1. The van der Waals surface area contributed by atoms with E-state index in [0.717, 1.165) is 11.8 Å². The first-order valence-corrected chi connectivity index (χ1v) is 11.0. The molecule has 0 atom stereocenters. The van der Waals surface area contributed by atoms with E-state index in [1.165, 1.54) is 39.8 Å². The van der Waals surface area contributed by atoms with Gasteiger partial charge in [-0.15, -0.1) is 0 Å². The number of hydrogen-bond acceptors (Lipinski definition) is 7. The van der Waals surface area contributed by atoms with Crippen LogP contribution in [0, 0.1) is 5.82 Å². The molecule has 1 N–H and O–H groups in total. The number of benzene rings is 1. The molecule has 0 unspecified atom stereocenters. The number of pyridine rings is 1. The van der Waals surface area contributed by atoms with Crippen molar-refractivity contribution in [2.45, 2.75) is 12.8 Å². The van der Waals surface area contributed by atoms with Crippen LogP contribution in [0.25, 0.3) is 11.7 Å². The SMILES string of the molecule is O=C(O)CCCN1C(=O)/C(=C/c2c(Oc3ccccc3F)nc3ccccn3c2=O)SC1=S. The summed E-state index contributed by atoms with van der Waals surface area (Å²) in [6.45, 7) is 0.141. The fourth-order valence-electron chi connectivity index (χ4n) is 3.13. The van der Waals surface area contributed by atoms with Gasteiger partial charge in [-0.3, -0.25) is 23.7 Å². The van der Waals surface area contributed by atoms with Gasteiger partial charge >= 0.3 is 5.97 Å². The lowest BCUT2D eigenvalue weighted by molar-refractivity contribution is -0.137. The minimum Gasteiger partial charge on any atom is -0.481 e. The lowest BCUT2D eigenvalue weighted by Crippen LogP contribution is -2.29. The Hall–Kier alpha value is -3.57. The molecule has 0 aliphatic carbocycles. The highest BCUT2D eigenvalue weighted by atomic mass is 32.2. The third-order valence-corrected chi connectivity index (χ3v) is 6.08. The van der Waals surface area contributed by atoms with Crippen LogP contribution in [-0.4, -0.2) is 42.1 Å². The number of rotatable bonds is 7. The summed E-state index contributed by atoms with van der Waals surface area (Å²) in [6, 6.07) is 10.6. The van der Waals surface area contributed by atoms with Gasteiger partial charge < -0.3 is 9.84 Å². The van der Waals surface area contributed by atoms with Gasteiger partial charge in [0.15, 0.2) is 11.6 Å². The van der Waals surface area contributed by atoms with Gasteiger partial charge in [-0.05, 0) is 36.8 Å². The van der Waals surface area contributed by atoms with Gasteiger partial charge in [0.1, 0.15) is 15.5 Å². The Morgan fingerprint density at radius 3 is 2.73 bits per heavy atom. The second kappa shape index (κ2) is 9.51. The molecule has 11 heteroatoms. The summed E-state index contributed by atoms with van der Waals surface area (Å²) >= 11 is 6.24. The van der Waals surface area contributed by atoms with Crippen molar-refractivity contribution < 1.29 is 23.8 Å². The van der Waals surface area contributed by atoms with Crippen molar-refractivity contribution in [3.63, 3.8) is 0 Å². The van der Waals surface area contributed by atoms with Gasteiger partial charge in [-0.25, -0.2) is 4.39 Å². The van der Waals surface area contributed by atoms with Crippen molar-refractivity contribution in [1.82, 2.24) is 14.3 Å². The Labute approximate surface area is 196 Å². The molecule has 33 heavy (non-hydrogen) atoms. The number of carbonyl (C=O) groups excluding carboxylic acids is 1. The fraction of sp³-hybridized carbons (Fsp3) is 0.136. The van der Waals surface area contributed by atoms with E-state index in [4.69, 9.17) is 22.1 Å². The van der Waals surface area contributed by atoms with Gasteiger partial charge in [0, 0.05) is 19.2 Å². The molecule has 3 aromatic rings. The molecular weight excluding hydrogens is 469 g/mol. The molecule has 0 bridgehead atoms. The first kappa shape index (κ1) is 22.6. The van der Waals surface area contributed by atoms with Crippen molar-refractivity contribution in [3.05, 3.63) is 75.3 Å². The highest BCUT2D eigenvalue weighted by Crippen LogP contribution is 2.34. The van der Waals surface area contributed by atoms with Crippen LogP contribution in [0.4, 0.5) is 4.39 Å². The van der Waals surface area contributed by atoms with Crippen molar-refractivity contribution in [2.75, 3.05) is 6.54 Å². The monoisotopic (exact) mass is 485 g/mol. The average molecular weight is 486 g/mol. The summed E-state index contributed by atoms with van der Waals surface area (Å²) in [5.41, 5.74) is -0.275. The van der Waals surface area contributed by atoms with Crippen LogP contribution >= 0.6 is 24.0 Å². The highest BCUT2D eigenvalue weighted by molar-refractivity contribution is 8.26. The number of amides is 1. The molecule has 1 aromatic carbocycles. The Balaban J connectivity index is 1.75. The van der Waals surface area contributed by atoms with E-state index in [-0.39, 0.29) is 51.5 Å². The third kappa shape index (κ3) is 4.78. The van der Waals surface area contributed by atoms with Gasteiger partial charge in [0.25, 0.3) is 11.5 Å². The van der Waals surface area contributed by atoms with E-state index in [1.54, 1.807) is 24.3 Å². The molecule has 8 nitrogen and oxygen atoms in total. The predicted molar refractivity (Wildman–Crippen MR) is 125 cm³/mol. The lowest BCUT2D eigenvalue weighted by atomic mass is 10.2. The Kier molecular flexibility index (Phi) is 6.52. The zero-order chi connectivity index (χ0) is 23.5. The first-order valence-electron chi connectivity index (χ1n) is 9.76. The molecule has 2 aromatic heterocycles. The fourth-order valence-corrected chi connectivity index (χ4v) is 4.42. The average Bonchev–Trinajstić information content (AvgIpc) is 3.05. The number of carboxylic acid groups (broad SMARTS) is 1. The molecule has 1 amide bonds. The number of halogens is 1. The van der Waals surface area contributed by atoms with Gasteiger partial charge in [0.05, 0.1) is 4.91 Å². The quantitative estimate of drug-likeness (QED) is 0.399. The standard InChI is InChI=1S/C22H16FN3O5S2/c23-14-6-1-2-7-15(14)31-19-13(20(29)25-10-4-3-8-17(25)24-19)12-16-21(30)26(22(32)33-16)11-5-9-18(27)28/h1-4,6-8,10,12H,5,9,11H2,(H,27,28)/b16-12-. The summed E-state index contributed by atoms with van der Waals surface area (Å²) in [6.07, 6.45) is 2.97. The van der Waals surface area contributed by atoms with Crippen molar-refractivity contribution in [2.24, 2.45) is 0 Å². The van der Waals surface area contributed by atoms with Crippen LogP contribution in [0.5, 0.6) is 11.6 Å². The maximum Gasteiger partial charge on any atom is 0.303 e. The van der Waals surface area contributed by atoms with Crippen LogP contribution in [0.15, 0.2) is 58.4 Å². The number of hydrogen-bond donors (Lipinski definition) is 1. The number of carbonyl (C=O) groups is 2. The maximum absolute atomic E-state index is 14.2. The van der Waals surface area contributed by atoms with E-state index in [9.17, 15) is 18.8 Å². The van der Waals surface area contributed by atoms with Crippen LogP contribution in [0.3, 0.4) is 0 Å². The normalized spacial score (nSPS) is 14.9. The minimum absolute atomic E-state index is 0.0482. The summed E-state index contributed by atoms with van der Waals surface area (Å²) in [7, 11) is 0. The van der Waals surface area contributed by atoms with Gasteiger partial charge in [0.2, 0.25) is 5.88 Å². The van der Waals surface area contributed by atoms with Crippen molar-refractivity contribution in [3.8, 4) is 11.6 Å². The van der Waals surface area contributed by atoms with Gasteiger partial charge in [-0.2, -0.15) is 4.98 Å². The number of ether oxygens (including phenoxy) is 1. The zero-order valence-electron chi connectivity index (χ0n) is 16.9. The topological polar surface area (TPSA) is 101 Å². The number of para-hydroxylation sites is 1. The smallest absolute Gasteiger partial charge is 0.303 e. The van der Waals surface area contributed by atoms with Crippen LogP contribution in [0.1, 0.15) is 18.4 Å². The summed E-state index contributed by atoms with van der Waals surface area (Å²) < 4.78 is 21.4. The number of thioether (sulfide) groups is 1. The van der Waals surface area contributed by atoms with E-state index < -0.39 is 23.3 Å². The molecule has 4 rings (SSSR count). The molecule has 1 fully saturated rings. The summed E-state index contributed by atoms with van der Waals surface area (Å²) in [5.74, 6) is -2.35. The zero-order valence-corrected chi connectivity index (χ0v) is 18.6. The van der Waals surface area contributed by atoms with E-state index in [0.29, 0.717) is 0 Å². The number of aromatic nitrogens is 2. The second-order valence-electron chi connectivity index (χ2n) is 6.93.